The monoisotopic (exact) mass is 320 g/mol. The van der Waals surface area contributed by atoms with Gasteiger partial charge < -0.3 is 15.2 Å². The number of aromatic nitrogens is 1. The highest BCUT2D eigenvalue weighted by molar-refractivity contribution is 7.09. The maximum absolute atomic E-state index is 11.6. The summed E-state index contributed by atoms with van der Waals surface area (Å²) in [6, 6.07) is 9.73. The van der Waals surface area contributed by atoms with E-state index in [1.165, 1.54) is 16.7 Å². The summed E-state index contributed by atoms with van der Waals surface area (Å²) in [5, 5.41) is 13.5. The maximum Gasteiger partial charge on any atom is 0.355 e. The number of carboxylic acids is 1. The largest absolute Gasteiger partial charge is 0.476 e. The Hall–Kier alpha value is -2.25. The van der Waals surface area contributed by atoms with Gasteiger partial charge in [0.05, 0.1) is 19.8 Å². The molecule has 1 aromatic carbocycles. The SMILES string of the molecule is O=C(CCOCc1ccccc1)NCc1nc(C(=O)O)cs1. The molecule has 116 valence electrons. The van der Waals surface area contributed by atoms with Crippen LogP contribution in [0, 0.1) is 0 Å². The van der Waals surface area contributed by atoms with Crippen molar-refractivity contribution >= 4 is 23.2 Å². The van der Waals surface area contributed by atoms with E-state index in [4.69, 9.17) is 9.84 Å². The minimum atomic E-state index is -1.07. The Morgan fingerprint density at radius 1 is 1.27 bits per heavy atom. The van der Waals surface area contributed by atoms with Gasteiger partial charge in [0, 0.05) is 11.8 Å². The molecule has 0 radical (unpaired) electrons. The van der Waals surface area contributed by atoms with Crippen LogP contribution in [0.5, 0.6) is 0 Å². The van der Waals surface area contributed by atoms with E-state index < -0.39 is 5.97 Å². The number of hydrogen-bond acceptors (Lipinski definition) is 5. The molecule has 2 rings (SSSR count). The highest BCUT2D eigenvalue weighted by atomic mass is 32.1. The van der Waals surface area contributed by atoms with Crippen molar-refractivity contribution < 1.29 is 19.4 Å². The Labute approximate surface area is 131 Å². The molecule has 0 fully saturated rings. The Bertz CT molecular complexity index is 627. The van der Waals surface area contributed by atoms with Crippen molar-refractivity contribution in [3.63, 3.8) is 0 Å². The van der Waals surface area contributed by atoms with Crippen LogP contribution in [0.25, 0.3) is 0 Å². The molecule has 0 aliphatic heterocycles. The fourth-order valence-electron chi connectivity index (χ4n) is 1.68. The molecule has 6 nitrogen and oxygen atoms in total. The van der Waals surface area contributed by atoms with Crippen LogP contribution in [-0.4, -0.2) is 28.6 Å². The summed E-state index contributed by atoms with van der Waals surface area (Å²) in [5.41, 5.74) is 1.06. The quantitative estimate of drug-likeness (QED) is 0.727. The molecule has 1 heterocycles. The molecule has 7 heteroatoms. The summed E-state index contributed by atoms with van der Waals surface area (Å²) in [5.74, 6) is -1.22. The van der Waals surface area contributed by atoms with Crippen LogP contribution in [0.15, 0.2) is 35.7 Å². The lowest BCUT2D eigenvalue weighted by Crippen LogP contribution is -2.23. The maximum atomic E-state index is 11.6. The number of carbonyl (C=O) groups is 2. The van der Waals surface area contributed by atoms with Crippen molar-refractivity contribution in [3.05, 3.63) is 52.0 Å². The molecule has 0 spiro atoms. The average Bonchev–Trinajstić information content (AvgIpc) is 3.00. The number of nitrogens with one attached hydrogen (secondary N) is 1. The molecular weight excluding hydrogens is 304 g/mol. The van der Waals surface area contributed by atoms with Crippen molar-refractivity contribution in [3.8, 4) is 0 Å². The van der Waals surface area contributed by atoms with Crippen LogP contribution in [-0.2, 0) is 22.7 Å². The second-order valence-electron chi connectivity index (χ2n) is 4.50. The van der Waals surface area contributed by atoms with Gasteiger partial charge in [0.1, 0.15) is 5.01 Å². The molecule has 1 aromatic heterocycles. The van der Waals surface area contributed by atoms with Crippen molar-refractivity contribution in [1.82, 2.24) is 10.3 Å². The molecule has 0 unspecified atom stereocenters. The van der Waals surface area contributed by atoms with Crippen molar-refractivity contribution in [2.24, 2.45) is 0 Å². The number of ether oxygens (including phenoxy) is 1. The summed E-state index contributed by atoms with van der Waals surface area (Å²) in [7, 11) is 0. The Kier molecular flexibility index (Phi) is 6.05. The fourth-order valence-corrected chi connectivity index (χ4v) is 2.39. The number of carbonyl (C=O) groups excluding carboxylic acids is 1. The van der Waals surface area contributed by atoms with Crippen LogP contribution in [0.2, 0.25) is 0 Å². The lowest BCUT2D eigenvalue weighted by atomic mass is 10.2. The molecule has 0 saturated heterocycles. The van der Waals surface area contributed by atoms with Crippen LogP contribution < -0.4 is 5.32 Å². The van der Waals surface area contributed by atoms with Gasteiger partial charge in [-0.1, -0.05) is 30.3 Å². The molecule has 0 aliphatic rings. The van der Waals surface area contributed by atoms with Gasteiger partial charge in [-0.15, -0.1) is 11.3 Å². The first-order valence-electron chi connectivity index (χ1n) is 6.71. The van der Waals surface area contributed by atoms with E-state index in [9.17, 15) is 9.59 Å². The minimum Gasteiger partial charge on any atom is -0.476 e. The Morgan fingerprint density at radius 3 is 2.73 bits per heavy atom. The zero-order valence-electron chi connectivity index (χ0n) is 11.8. The third-order valence-electron chi connectivity index (χ3n) is 2.79. The summed E-state index contributed by atoms with van der Waals surface area (Å²) in [6.45, 7) is 1.04. The first kappa shape index (κ1) is 16.1. The third-order valence-corrected chi connectivity index (χ3v) is 3.64. The van der Waals surface area contributed by atoms with Crippen molar-refractivity contribution in [2.75, 3.05) is 6.61 Å². The zero-order chi connectivity index (χ0) is 15.8. The van der Waals surface area contributed by atoms with Gasteiger partial charge >= 0.3 is 5.97 Å². The Balaban J connectivity index is 1.62. The molecular formula is C15H16N2O4S. The number of carboxylic acid groups (broad SMARTS) is 1. The zero-order valence-corrected chi connectivity index (χ0v) is 12.6. The summed E-state index contributed by atoms with van der Waals surface area (Å²) >= 11 is 1.21. The molecule has 22 heavy (non-hydrogen) atoms. The summed E-state index contributed by atoms with van der Waals surface area (Å²) < 4.78 is 5.43. The van der Waals surface area contributed by atoms with Gasteiger partial charge in [0.2, 0.25) is 5.91 Å². The van der Waals surface area contributed by atoms with E-state index in [0.717, 1.165) is 5.56 Å². The van der Waals surface area contributed by atoms with E-state index in [1.54, 1.807) is 0 Å². The second kappa shape index (κ2) is 8.26. The number of amides is 1. The van der Waals surface area contributed by atoms with E-state index in [0.29, 0.717) is 18.2 Å². The van der Waals surface area contributed by atoms with E-state index >= 15 is 0 Å². The van der Waals surface area contributed by atoms with E-state index in [-0.39, 0.29) is 24.6 Å². The number of aromatic carboxylic acids is 1. The van der Waals surface area contributed by atoms with Crippen molar-refractivity contribution in [1.29, 1.82) is 0 Å². The third kappa shape index (κ3) is 5.27. The average molecular weight is 320 g/mol. The number of thiazole rings is 1. The molecule has 0 aliphatic carbocycles. The topological polar surface area (TPSA) is 88.5 Å². The number of nitrogens with zero attached hydrogens (tertiary/aromatic N) is 1. The first-order chi connectivity index (χ1) is 10.6. The minimum absolute atomic E-state index is 0.000411. The second-order valence-corrected chi connectivity index (χ2v) is 5.44. The van der Waals surface area contributed by atoms with Crippen LogP contribution in [0.4, 0.5) is 0 Å². The van der Waals surface area contributed by atoms with Gasteiger partial charge in [-0.25, -0.2) is 9.78 Å². The number of hydrogen-bond donors (Lipinski definition) is 2. The van der Waals surface area contributed by atoms with E-state index in [2.05, 4.69) is 10.3 Å². The predicted octanol–water partition coefficient (Wildman–Crippen LogP) is 2.06. The smallest absolute Gasteiger partial charge is 0.355 e. The molecule has 0 saturated carbocycles. The predicted molar refractivity (Wildman–Crippen MR) is 81.6 cm³/mol. The van der Waals surface area contributed by atoms with Gasteiger partial charge in [0.15, 0.2) is 5.69 Å². The summed E-state index contributed by atoms with van der Waals surface area (Å²) in [4.78, 5) is 26.2. The molecule has 2 N–H and O–H groups in total. The lowest BCUT2D eigenvalue weighted by Gasteiger charge is -2.05. The van der Waals surface area contributed by atoms with E-state index in [1.807, 2.05) is 30.3 Å². The Morgan fingerprint density at radius 2 is 2.05 bits per heavy atom. The van der Waals surface area contributed by atoms with Gasteiger partial charge in [-0.2, -0.15) is 0 Å². The first-order valence-corrected chi connectivity index (χ1v) is 7.59. The summed E-state index contributed by atoms with van der Waals surface area (Å²) in [6.07, 6.45) is 0.254. The van der Waals surface area contributed by atoms with Gasteiger partial charge in [0.25, 0.3) is 0 Å². The number of rotatable bonds is 8. The molecule has 0 bridgehead atoms. The normalized spacial score (nSPS) is 10.4. The van der Waals surface area contributed by atoms with Crippen LogP contribution >= 0.6 is 11.3 Å². The number of benzene rings is 1. The molecule has 0 atom stereocenters. The van der Waals surface area contributed by atoms with Crippen LogP contribution in [0.3, 0.4) is 0 Å². The van der Waals surface area contributed by atoms with Gasteiger partial charge in [-0.3, -0.25) is 4.79 Å². The molecule has 1 amide bonds. The fraction of sp³-hybridized carbons (Fsp3) is 0.267. The highest BCUT2D eigenvalue weighted by Crippen LogP contribution is 2.09. The lowest BCUT2D eigenvalue weighted by molar-refractivity contribution is -0.122. The van der Waals surface area contributed by atoms with Crippen LogP contribution in [0.1, 0.15) is 27.5 Å². The molecule has 2 aromatic rings. The van der Waals surface area contributed by atoms with Gasteiger partial charge in [-0.05, 0) is 5.56 Å². The standard InChI is InChI=1S/C15H16N2O4S/c18-13(6-7-21-9-11-4-2-1-3-5-11)16-8-14-17-12(10-22-14)15(19)20/h1-5,10H,6-9H2,(H,16,18)(H,19,20). The highest BCUT2D eigenvalue weighted by Gasteiger charge is 2.09. The van der Waals surface area contributed by atoms with Crippen molar-refractivity contribution in [2.45, 2.75) is 19.6 Å².